The fourth-order valence-corrected chi connectivity index (χ4v) is 3.25. The van der Waals surface area contributed by atoms with E-state index in [-0.39, 0.29) is 11.3 Å². The van der Waals surface area contributed by atoms with Crippen LogP contribution in [0.15, 0.2) is 0 Å². The molecule has 1 unspecified atom stereocenters. The molecule has 0 radical (unpaired) electrons. The molecule has 1 heterocycles. The average molecular weight is 230 g/mol. The number of rotatable bonds is 1. The largest absolute Gasteiger partial charge is 0.338 e. The van der Waals surface area contributed by atoms with Gasteiger partial charge in [0.15, 0.2) is 0 Å². The lowest BCUT2D eigenvalue weighted by molar-refractivity contribution is -0.136. The van der Waals surface area contributed by atoms with Gasteiger partial charge in [0.2, 0.25) is 5.91 Å². The van der Waals surface area contributed by atoms with E-state index in [2.05, 4.69) is 4.90 Å². The maximum atomic E-state index is 11.9. The van der Waals surface area contributed by atoms with Crippen LogP contribution >= 0.6 is 11.6 Å². The Kier molecular flexibility index (Phi) is 3.55. The molecular formula is C12H20ClNO. The summed E-state index contributed by atoms with van der Waals surface area (Å²) < 4.78 is 0. The number of hydrogen-bond acceptors (Lipinski definition) is 1. The standard InChI is InChI=1S/C12H20ClNO/c1-9(13)12(15)14-8-4-6-10-5-2-3-7-11(10)14/h9-11H,2-8H2,1H3/t9?,10-,11-/m1/s1. The van der Waals surface area contributed by atoms with Gasteiger partial charge in [0, 0.05) is 12.6 Å². The van der Waals surface area contributed by atoms with Gasteiger partial charge < -0.3 is 4.90 Å². The van der Waals surface area contributed by atoms with E-state index in [1.54, 1.807) is 6.92 Å². The van der Waals surface area contributed by atoms with Crippen LogP contribution in [0.4, 0.5) is 0 Å². The highest BCUT2D eigenvalue weighted by Crippen LogP contribution is 2.35. The first-order valence-electron chi connectivity index (χ1n) is 6.14. The first kappa shape index (κ1) is 11.3. The second kappa shape index (κ2) is 4.73. The van der Waals surface area contributed by atoms with Gasteiger partial charge in [-0.3, -0.25) is 4.79 Å². The van der Waals surface area contributed by atoms with E-state index in [1.807, 2.05) is 0 Å². The van der Waals surface area contributed by atoms with Gasteiger partial charge in [-0.15, -0.1) is 11.6 Å². The minimum Gasteiger partial charge on any atom is -0.338 e. The molecule has 0 bridgehead atoms. The van der Waals surface area contributed by atoms with Crippen molar-refractivity contribution in [2.45, 2.75) is 56.9 Å². The third-order valence-electron chi connectivity index (χ3n) is 3.87. The molecule has 1 aliphatic carbocycles. The minimum atomic E-state index is -0.356. The number of fused-ring (bicyclic) bond motifs is 1. The van der Waals surface area contributed by atoms with Crippen molar-refractivity contribution in [1.29, 1.82) is 0 Å². The highest BCUT2D eigenvalue weighted by atomic mass is 35.5. The zero-order valence-electron chi connectivity index (χ0n) is 9.42. The highest BCUT2D eigenvalue weighted by Gasteiger charge is 2.36. The Balaban J connectivity index is 2.06. The SMILES string of the molecule is CC(Cl)C(=O)N1CCC[C@H]2CCCC[C@H]21. The van der Waals surface area contributed by atoms with E-state index in [1.165, 1.54) is 32.1 Å². The molecule has 2 fully saturated rings. The number of carbonyl (C=O) groups is 1. The lowest BCUT2D eigenvalue weighted by Gasteiger charge is -2.44. The third-order valence-corrected chi connectivity index (χ3v) is 4.05. The van der Waals surface area contributed by atoms with Crippen LogP contribution in [0.1, 0.15) is 45.4 Å². The van der Waals surface area contributed by atoms with Crippen LogP contribution in [0.5, 0.6) is 0 Å². The van der Waals surface area contributed by atoms with Crippen molar-refractivity contribution in [3.8, 4) is 0 Å². The number of alkyl halides is 1. The van der Waals surface area contributed by atoms with E-state index in [9.17, 15) is 4.79 Å². The van der Waals surface area contributed by atoms with Crippen LogP contribution in [-0.2, 0) is 4.79 Å². The summed E-state index contributed by atoms with van der Waals surface area (Å²) in [5.41, 5.74) is 0. The second-order valence-electron chi connectivity index (χ2n) is 4.90. The highest BCUT2D eigenvalue weighted by molar-refractivity contribution is 6.30. The third kappa shape index (κ3) is 2.30. The Morgan fingerprint density at radius 2 is 1.93 bits per heavy atom. The van der Waals surface area contributed by atoms with E-state index in [0.29, 0.717) is 6.04 Å². The summed E-state index contributed by atoms with van der Waals surface area (Å²) in [6, 6.07) is 0.501. The Hall–Kier alpha value is -0.240. The van der Waals surface area contributed by atoms with Crippen molar-refractivity contribution in [3.63, 3.8) is 0 Å². The summed E-state index contributed by atoms with van der Waals surface area (Å²) in [6.07, 6.45) is 7.61. The number of halogens is 1. The first-order valence-corrected chi connectivity index (χ1v) is 6.58. The number of amides is 1. The zero-order chi connectivity index (χ0) is 10.8. The number of carbonyl (C=O) groups excluding carboxylic acids is 1. The molecule has 86 valence electrons. The molecule has 1 aliphatic heterocycles. The Bertz CT molecular complexity index is 240. The molecule has 3 atom stereocenters. The van der Waals surface area contributed by atoms with Crippen molar-refractivity contribution >= 4 is 17.5 Å². The normalized spacial score (nSPS) is 33.3. The average Bonchev–Trinajstić information content (AvgIpc) is 2.27. The second-order valence-corrected chi connectivity index (χ2v) is 5.56. The first-order chi connectivity index (χ1) is 7.20. The van der Waals surface area contributed by atoms with E-state index >= 15 is 0 Å². The number of hydrogen-bond donors (Lipinski definition) is 0. The summed E-state index contributed by atoms with van der Waals surface area (Å²) in [6.45, 7) is 2.72. The molecule has 0 aromatic rings. The predicted molar refractivity (Wildman–Crippen MR) is 62.0 cm³/mol. The Morgan fingerprint density at radius 1 is 1.27 bits per heavy atom. The van der Waals surface area contributed by atoms with E-state index in [0.717, 1.165) is 18.9 Å². The maximum Gasteiger partial charge on any atom is 0.240 e. The lowest BCUT2D eigenvalue weighted by atomic mass is 9.78. The van der Waals surface area contributed by atoms with E-state index in [4.69, 9.17) is 11.6 Å². The number of piperidine rings is 1. The summed E-state index contributed by atoms with van der Waals surface area (Å²) in [7, 11) is 0. The molecule has 1 saturated carbocycles. The van der Waals surface area contributed by atoms with Gasteiger partial charge in [-0.2, -0.15) is 0 Å². The molecule has 2 nitrogen and oxygen atoms in total. The smallest absolute Gasteiger partial charge is 0.240 e. The van der Waals surface area contributed by atoms with Crippen LogP contribution < -0.4 is 0 Å². The van der Waals surface area contributed by atoms with Gasteiger partial charge in [0.05, 0.1) is 0 Å². The summed E-state index contributed by atoms with van der Waals surface area (Å²) in [4.78, 5) is 14.0. The van der Waals surface area contributed by atoms with Crippen LogP contribution in [0.25, 0.3) is 0 Å². The summed E-state index contributed by atoms with van der Waals surface area (Å²) in [5, 5.41) is -0.356. The molecule has 0 spiro atoms. The van der Waals surface area contributed by atoms with Gasteiger partial charge in [-0.1, -0.05) is 12.8 Å². The molecule has 2 aliphatic rings. The predicted octanol–water partition coefficient (Wildman–Crippen LogP) is 2.79. The van der Waals surface area contributed by atoms with Crippen molar-refractivity contribution in [2.75, 3.05) is 6.54 Å². The molecule has 0 aromatic carbocycles. The molecule has 0 N–H and O–H groups in total. The fraction of sp³-hybridized carbons (Fsp3) is 0.917. The molecule has 0 aromatic heterocycles. The Morgan fingerprint density at radius 3 is 2.67 bits per heavy atom. The van der Waals surface area contributed by atoms with Crippen LogP contribution in [0, 0.1) is 5.92 Å². The molecular weight excluding hydrogens is 210 g/mol. The van der Waals surface area contributed by atoms with Gasteiger partial charge in [0.1, 0.15) is 5.38 Å². The van der Waals surface area contributed by atoms with Crippen LogP contribution in [-0.4, -0.2) is 28.8 Å². The fourth-order valence-electron chi connectivity index (χ4n) is 3.13. The minimum absolute atomic E-state index is 0.147. The van der Waals surface area contributed by atoms with Crippen molar-refractivity contribution < 1.29 is 4.79 Å². The van der Waals surface area contributed by atoms with Gasteiger partial charge in [-0.25, -0.2) is 0 Å². The molecule has 15 heavy (non-hydrogen) atoms. The Labute approximate surface area is 97.0 Å². The maximum absolute atomic E-state index is 11.9. The molecule has 2 rings (SSSR count). The quantitative estimate of drug-likeness (QED) is 0.634. The zero-order valence-corrected chi connectivity index (χ0v) is 10.2. The lowest BCUT2D eigenvalue weighted by Crippen LogP contribution is -2.51. The van der Waals surface area contributed by atoms with Gasteiger partial charge >= 0.3 is 0 Å². The van der Waals surface area contributed by atoms with Crippen molar-refractivity contribution in [1.82, 2.24) is 4.90 Å². The van der Waals surface area contributed by atoms with E-state index < -0.39 is 0 Å². The monoisotopic (exact) mass is 229 g/mol. The number of likely N-dealkylation sites (tertiary alicyclic amines) is 1. The summed E-state index contributed by atoms with van der Waals surface area (Å²) >= 11 is 5.90. The van der Waals surface area contributed by atoms with Gasteiger partial charge in [-0.05, 0) is 38.5 Å². The molecule has 1 saturated heterocycles. The molecule has 3 heteroatoms. The molecule has 1 amide bonds. The topological polar surface area (TPSA) is 20.3 Å². The van der Waals surface area contributed by atoms with Gasteiger partial charge in [0.25, 0.3) is 0 Å². The number of nitrogens with zero attached hydrogens (tertiary/aromatic N) is 1. The summed E-state index contributed by atoms with van der Waals surface area (Å²) in [5.74, 6) is 0.903. The van der Waals surface area contributed by atoms with Crippen molar-refractivity contribution in [3.05, 3.63) is 0 Å². The van der Waals surface area contributed by atoms with Crippen LogP contribution in [0.2, 0.25) is 0 Å². The van der Waals surface area contributed by atoms with Crippen LogP contribution in [0.3, 0.4) is 0 Å². The van der Waals surface area contributed by atoms with Crippen molar-refractivity contribution in [2.24, 2.45) is 5.92 Å².